The molecule has 0 radical (unpaired) electrons. The molecule has 3 heterocycles. The molecular weight excluding hydrogens is 1280 g/mol. The lowest BCUT2D eigenvalue weighted by atomic mass is 9.95. The molecule has 3 nitrogen and oxygen atoms in total. The standard InChI is InChI=1S/C43H47N.C34H37N.C26H21N/c1-3-4-5-6-7-8-9-10-11-12-19-34-28-33(2)29-38(30-34)36-21-17-20-35(31-36)37-22-18-23-39(32-37)44-42-26-15-13-24-40(42)41-25-14-16-27-43(41)44;1-27-14-13-17-29(26-27)16-8-6-4-2-3-5-7-15-28-22-24-30(25-23-28)35-33-20-11-9-18-31(33)32-19-10-12-21-34(32)35;1-18-14-19(2)16-21(15-18)20-8-7-9-22(17-20)27-25-12-5-3-10-23(25)24-11-4-6-13-26(24)27/h13-18,20-32H,3-12,19H2,1-2H3;9-14,17-26H,2-8,15-16H2,1H3;3-17H,1-2H3. The van der Waals surface area contributed by atoms with E-state index in [-0.39, 0.29) is 0 Å². The SMILES string of the molecule is CCCCCCCCCCCCc1cc(C)cc(-c2cccc(-c3cccc(-n4c5ccccc5c5ccccc54)c3)c2)c1.Cc1cc(C)cc(-c2cccc(-n3c4ccccc4c4ccccc43)c2)c1.Cc1cccc(CCCCCCCCCc2ccc(-n3c4ccccc4c4ccccc43)cc2)c1. The smallest absolute Gasteiger partial charge is 0.0541 e. The van der Waals surface area contributed by atoms with Crippen molar-refractivity contribution >= 4 is 65.4 Å². The van der Waals surface area contributed by atoms with Gasteiger partial charge < -0.3 is 13.7 Å². The van der Waals surface area contributed by atoms with Crippen LogP contribution in [0.1, 0.15) is 155 Å². The Morgan fingerprint density at radius 1 is 0.189 bits per heavy atom. The highest BCUT2D eigenvalue weighted by Gasteiger charge is 2.16. The molecule has 3 heteroatoms. The molecule has 0 atom stereocenters. The molecule has 0 saturated heterocycles. The van der Waals surface area contributed by atoms with E-state index in [1.807, 2.05) is 0 Å². The first-order valence-corrected chi connectivity index (χ1v) is 39.8. The van der Waals surface area contributed by atoms with Crippen molar-refractivity contribution in [1.82, 2.24) is 13.7 Å². The van der Waals surface area contributed by atoms with Crippen molar-refractivity contribution in [1.29, 1.82) is 0 Å². The van der Waals surface area contributed by atoms with E-state index >= 15 is 0 Å². The normalized spacial score (nSPS) is 11.4. The number of unbranched alkanes of at least 4 members (excludes halogenated alkanes) is 15. The predicted molar refractivity (Wildman–Crippen MR) is 459 cm³/mol. The van der Waals surface area contributed by atoms with Crippen LogP contribution < -0.4 is 0 Å². The number of aromatic nitrogens is 3. The molecule has 0 spiro atoms. The van der Waals surface area contributed by atoms with Gasteiger partial charge in [-0.05, 0) is 195 Å². The quantitative estimate of drug-likeness (QED) is 0.0456. The van der Waals surface area contributed by atoms with Crippen LogP contribution in [0.15, 0.2) is 303 Å². The van der Waals surface area contributed by atoms with Crippen LogP contribution in [-0.2, 0) is 19.3 Å². The molecule has 0 bridgehead atoms. The summed E-state index contributed by atoms with van der Waals surface area (Å²) in [7, 11) is 0. The number of benzene rings is 13. The molecule has 16 aromatic rings. The van der Waals surface area contributed by atoms with Crippen molar-refractivity contribution in [2.75, 3.05) is 0 Å². The average molecular weight is 1380 g/mol. The number of fused-ring (bicyclic) bond motifs is 9. The van der Waals surface area contributed by atoms with Gasteiger partial charge >= 0.3 is 0 Å². The summed E-state index contributed by atoms with van der Waals surface area (Å²) >= 11 is 0. The summed E-state index contributed by atoms with van der Waals surface area (Å²) in [5.74, 6) is 0. The van der Waals surface area contributed by atoms with E-state index in [4.69, 9.17) is 0 Å². The minimum absolute atomic E-state index is 1.17. The van der Waals surface area contributed by atoms with Gasteiger partial charge in [-0.2, -0.15) is 0 Å². The Kier molecular flexibility index (Phi) is 24.1. The van der Waals surface area contributed by atoms with Crippen molar-refractivity contribution in [3.63, 3.8) is 0 Å². The van der Waals surface area contributed by atoms with Crippen molar-refractivity contribution in [2.24, 2.45) is 0 Å². The molecule has 16 rings (SSSR count). The Hall–Kier alpha value is -10.7. The maximum absolute atomic E-state index is 2.42. The minimum atomic E-state index is 1.17. The first-order valence-electron chi connectivity index (χ1n) is 39.8. The fourth-order valence-corrected chi connectivity index (χ4v) is 16.5. The molecule has 0 aliphatic carbocycles. The van der Waals surface area contributed by atoms with Crippen LogP contribution in [0, 0.1) is 27.7 Å². The van der Waals surface area contributed by atoms with E-state index in [1.165, 1.54) is 283 Å². The minimum Gasteiger partial charge on any atom is -0.309 e. The van der Waals surface area contributed by atoms with Crippen molar-refractivity contribution in [3.8, 4) is 50.4 Å². The molecule has 0 aliphatic rings. The molecular formula is C103H105N3. The van der Waals surface area contributed by atoms with Gasteiger partial charge in [-0.3, -0.25) is 0 Å². The second-order valence-corrected chi connectivity index (χ2v) is 29.9. The largest absolute Gasteiger partial charge is 0.309 e. The summed E-state index contributed by atoms with van der Waals surface area (Å²) in [5.41, 5.74) is 28.6. The monoisotopic (exact) mass is 1380 g/mol. The van der Waals surface area contributed by atoms with Crippen molar-refractivity contribution in [3.05, 3.63) is 342 Å². The topological polar surface area (TPSA) is 14.8 Å². The fourth-order valence-electron chi connectivity index (χ4n) is 16.5. The zero-order chi connectivity index (χ0) is 72.4. The van der Waals surface area contributed by atoms with E-state index in [0.717, 1.165) is 0 Å². The summed E-state index contributed by atoms with van der Waals surface area (Å²) in [6.07, 6.45) is 26.8. The Morgan fingerprint density at radius 3 is 0.925 bits per heavy atom. The highest BCUT2D eigenvalue weighted by Crippen LogP contribution is 2.38. The first kappa shape index (κ1) is 72.2. The molecule has 532 valence electrons. The van der Waals surface area contributed by atoms with Gasteiger partial charge in [0.05, 0.1) is 33.1 Å². The maximum atomic E-state index is 2.42. The van der Waals surface area contributed by atoms with Crippen LogP contribution in [0.25, 0.3) is 116 Å². The van der Waals surface area contributed by atoms with Gasteiger partial charge in [-0.1, -0.05) is 344 Å². The van der Waals surface area contributed by atoms with Gasteiger partial charge in [0.15, 0.2) is 0 Å². The zero-order valence-electron chi connectivity index (χ0n) is 63.4. The van der Waals surface area contributed by atoms with E-state index in [1.54, 1.807) is 0 Å². The lowest BCUT2D eigenvalue weighted by Gasteiger charge is -2.12. The van der Waals surface area contributed by atoms with Crippen LogP contribution in [0.4, 0.5) is 0 Å². The summed E-state index contributed by atoms with van der Waals surface area (Å²) < 4.78 is 7.17. The molecule has 0 amide bonds. The molecule has 13 aromatic carbocycles. The molecule has 0 saturated carbocycles. The van der Waals surface area contributed by atoms with Gasteiger partial charge in [0.2, 0.25) is 0 Å². The molecule has 106 heavy (non-hydrogen) atoms. The van der Waals surface area contributed by atoms with Crippen LogP contribution in [-0.4, -0.2) is 13.7 Å². The van der Waals surface area contributed by atoms with Crippen LogP contribution in [0.5, 0.6) is 0 Å². The van der Waals surface area contributed by atoms with Gasteiger partial charge in [0.1, 0.15) is 0 Å². The van der Waals surface area contributed by atoms with E-state index in [0.29, 0.717) is 0 Å². The Labute approximate surface area is 630 Å². The van der Waals surface area contributed by atoms with Gasteiger partial charge in [-0.15, -0.1) is 0 Å². The van der Waals surface area contributed by atoms with Crippen molar-refractivity contribution < 1.29 is 0 Å². The first-order chi connectivity index (χ1) is 52.2. The maximum Gasteiger partial charge on any atom is 0.0541 e. The second kappa shape index (κ2) is 35.4. The van der Waals surface area contributed by atoms with Crippen LogP contribution in [0.3, 0.4) is 0 Å². The van der Waals surface area contributed by atoms with E-state index in [2.05, 4.69) is 352 Å². The Morgan fingerprint density at radius 2 is 0.500 bits per heavy atom. The molecule has 0 unspecified atom stereocenters. The average Bonchev–Trinajstić information content (AvgIpc) is 1.62. The summed E-state index contributed by atoms with van der Waals surface area (Å²) in [5, 5.41) is 7.83. The molecule has 3 aromatic heterocycles. The van der Waals surface area contributed by atoms with Crippen LogP contribution in [0.2, 0.25) is 0 Å². The van der Waals surface area contributed by atoms with Gasteiger partial charge in [-0.25, -0.2) is 0 Å². The number of nitrogens with zero attached hydrogens (tertiary/aromatic N) is 3. The number of hydrogen-bond donors (Lipinski definition) is 0. The van der Waals surface area contributed by atoms with E-state index < -0.39 is 0 Å². The third kappa shape index (κ3) is 17.5. The number of rotatable bonds is 27. The van der Waals surface area contributed by atoms with Crippen LogP contribution >= 0.6 is 0 Å². The Balaban J connectivity index is 0.000000137. The zero-order valence-corrected chi connectivity index (χ0v) is 63.4. The number of aryl methyl sites for hydroxylation is 7. The van der Waals surface area contributed by atoms with Crippen molar-refractivity contribution in [2.45, 2.75) is 163 Å². The molecule has 0 N–H and O–H groups in total. The summed E-state index contributed by atoms with van der Waals surface area (Å²) in [6.45, 7) is 11.0. The lowest BCUT2D eigenvalue weighted by Crippen LogP contribution is -1.94. The third-order valence-corrected chi connectivity index (χ3v) is 21.7. The highest BCUT2D eigenvalue weighted by atomic mass is 15.0. The number of para-hydroxylation sites is 6. The number of hydrogen-bond acceptors (Lipinski definition) is 0. The molecule has 0 aliphatic heterocycles. The summed E-state index contributed by atoms with van der Waals surface area (Å²) in [6, 6.07) is 111. The predicted octanol–water partition coefficient (Wildman–Crippen LogP) is 29.6. The Bertz CT molecular complexity index is 5390. The highest BCUT2D eigenvalue weighted by molar-refractivity contribution is 6.11. The molecule has 0 fully saturated rings. The van der Waals surface area contributed by atoms with Gasteiger partial charge in [0.25, 0.3) is 0 Å². The second-order valence-electron chi connectivity index (χ2n) is 29.9. The third-order valence-electron chi connectivity index (χ3n) is 21.7. The fraction of sp³-hybridized carbons (Fsp3) is 0.243. The lowest BCUT2D eigenvalue weighted by molar-refractivity contribution is 0.556. The van der Waals surface area contributed by atoms with Gasteiger partial charge in [0, 0.05) is 49.4 Å². The van der Waals surface area contributed by atoms with E-state index in [9.17, 15) is 0 Å². The summed E-state index contributed by atoms with van der Waals surface area (Å²) in [4.78, 5) is 0.